The van der Waals surface area contributed by atoms with Gasteiger partial charge in [-0.15, -0.1) is 0 Å². The van der Waals surface area contributed by atoms with Gasteiger partial charge in [-0.2, -0.15) is 13.2 Å². The minimum absolute atomic E-state index is 0.128. The molecular formula is C21H23ClF3N3O3. The minimum atomic E-state index is -4.50. The van der Waals surface area contributed by atoms with Crippen molar-refractivity contribution in [1.82, 2.24) is 15.2 Å². The predicted molar refractivity (Wildman–Crippen MR) is 109 cm³/mol. The summed E-state index contributed by atoms with van der Waals surface area (Å²) in [4.78, 5) is 18.4. The van der Waals surface area contributed by atoms with Crippen LogP contribution in [0.4, 0.5) is 13.2 Å². The maximum Gasteiger partial charge on any atom is 0.422 e. The van der Waals surface area contributed by atoms with Crippen molar-refractivity contribution in [3.63, 3.8) is 0 Å². The number of halogens is 4. The number of carbonyl (C=O) groups excluding carboxylic acids is 1. The van der Waals surface area contributed by atoms with Gasteiger partial charge in [-0.05, 0) is 24.1 Å². The highest BCUT2D eigenvalue weighted by molar-refractivity contribution is 6.32. The number of carbonyl (C=O) groups is 1. The van der Waals surface area contributed by atoms with E-state index < -0.39 is 18.7 Å². The first-order valence-corrected chi connectivity index (χ1v) is 10.1. The lowest BCUT2D eigenvalue weighted by atomic mass is 10.1. The van der Waals surface area contributed by atoms with Crippen LogP contribution < -0.4 is 10.1 Å². The minimum Gasteiger partial charge on any atom is -0.467 e. The summed E-state index contributed by atoms with van der Waals surface area (Å²) < 4.78 is 46.8. The number of morpholine rings is 1. The van der Waals surface area contributed by atoms with Crippen molar-refractivity contribution in [3.8, 4) is 5.88 Å². The molecule has 1 aromatic carbocycles. The first kappa shape index (κ1) is 23.3. The van der Waals surface area contributed by atoms with Crippen LogP contribution in [0, 0.1) is 0 Å². The fourth-order valence-corrected chi connectivity index (χ4v) is 3.44. The molecule has 1 saturated heterocycles. The van der Waals surface area contributed by atoms with Gasteiger partial charge in [-0.3, -0.25) is 9.69 Å². The third kappa shape index (κ3) is 7.37. The number of ether oxygens (including phenoxy) is 2. The Hall–Kier alpha value is -2.36. The standard InChI is InChI=1S/C21H23ClF3N3O3/c1-14-11-28(5-6-30-14)12-16-4-2-3-15(7-16)9-26-19(29)17-8-18(22)20(27-10-17)31-13-21(23,24)25/h2-4,7-8,10,14H,5-6,9,11-13H2,1H3,(H,26,29). The fraction of sp³-hybridized carbons (Fsp3) is 0.429. The van der Waals surface area contributed by atoms with Crippen LogP contribution in [0.2, 0.25) is 5.02 Å². The van der Waals surface area contributed by atoms with E-state index in [9.17, 15) is 18.0 Å². The first-order chi connectivity index (χ1) is 14.7. The third-order valence-corrected chi connectivity index (χ3v) is 4.89. The van der Waals surface area contributed by atoms with Crippen LogP contribution in [-0.2, 0) is 17.8 Å². The fourth-order valence-electron chi connectivity index (χ4n) is 3.22. The second kappa shape index (κ2) is 10.3. The Morgan fingerprint density at radius 3 is 2.84 bits per heavy atom. The Bertz CT molecular complexity index is 911. The highest BCUT2D eigenvalue weighted by Gasteiger charge is 2.29. The van der Waals surface area contributed by atoms with Crippen LogP contribution in [-0.4, -0.2) is 54.4 Å². The molecule has 10 heteroatoms. The molecule has 1 fully saturated rings. The summed E-state index contributed by atoms with van der Waals surface area (Å²) in [6.45, 7) is 4.09. The van der Waals surface area contributed by atoms with Crippen molar-refractivity contribution < 1.29 is 27.4 Å². The number of pyridine rings is 1. The molecule has 2 heterocycles. The molecule has 31 heavy (non-hydrogen) atoms. The normalized spacial score (nSPS) is 17.4. The largest absolute Gasteiger partial charge is 0.467 e. The zero-order valence-corrected chi connectivity index (χ0v) is 17.7. The molecule has 1 aliphatic heterocycles. The van der Waals surface area contributed by atoms with Gasteiger partial charge in [0.2, 0.25) is 5.88 Å². The quantitative estimate of drug-likeness (QED) is 0.684. The van der Waals surface area contributed by atoms with Gasteiger partial charge >= 0.3 is 6.18 Å². The number of benzene rings is 1. The average molecular weight is 458 g/mol. The summed E-state index contributed by atoms with van der Waals surface area (Å²) in [6, 6.07) is 9.14. The number of aromatic nitrogens is 1. The topological polar surface area (TPSA) is 63.7 Å². The maximum absolute atomic E-state index is 12.4. The van der Waals surface area contributed by atoms with Crippen LogP contribution in [0.5, 0.6) is 5.88 Å². The monoisotopic (exact) mass is 457 g/mol. The van der Waals surface area contributed by atoms with Crippen LogP contribution in [0.25, 0.3) is 0 Å². The zero-order chi connectivity index (χ0) is 22.4. The highest BCUT2D eigenvalue weighted by Crippen LogP contribution is 2.25. The van der Waals surface area contributed by atoms with E-state index in [2.05, 4.69) is 19.9 Å². The molecule has 6 nitrogen and oxygen atoms in total. The Balaban J connectivity index is 1.55. The van der Waals surface area contributed by atoms with Crippen LogP contribution in [0.15, 0.2) is 36.5 Å². The Morgan fingerprint density at radius 2 is 2.13 bits per heavy atom. The summed E-state index contributed by atoms with van der Waals surface area (Å²) in [5.74, 6) is -0.815. The third-order valence-electron chi connectivity index (χ3n) is 4.62. The molecular weight excluding hydrogens is 435 g/mol. The molecule has 2 aromatic rings. The van der Waals surface area contributed by atoms with E-state index in [1.807, 2.05) is 31.2 Å². The SMILES string of the molecule is CC1CN(Cc2cccc(CNC(=O)c3cnc(OCC(F)(F)F)c(Cl)c3)c2)CCO1. The van der Waals surface area contributed by atoms with Crippen molar-refractivity contribution in [2.45, 2.75) is 32.3 Å². The lowest BCUT2D eigenvalue weighted by Gasteiger charge is -2.31. The number of alkyl halides is 3. The molecule has 1 N–H and O–H groups in total. The van der Waals surface area contributed by atoms with E-state index in [-0.39, 0.29) is 29.1 Å². The second-order valence-corrected chi connectivity index (χ2v) is 7.74. The average Bonchev–Trinajstić information content (AvgIpc) is 2.71. The van der Waals surface area contributed by atoms with E-state index in [0.29, 0.717) is 6.61 Å². The van der Waals surface area contributed by atoms with Crippen molar-refractivity contribution >= 4 is 17.5 Å². The highest BCUT2D eigenvalue weighted by atomic mass is 35.5. The maximum atomic E-state index is 12.4. The number of hydrogen-bond donors (Lipinski definition) is 1. The lowest BCUT2D eigenvalue weighted by molar-refractivity contribution is -0.154. The van der Waals surface area contributed by atoms with Crippen molar-refractivity contribution in [2.75, 3.05) is 26.3 Å². The molecule has 1 unspecified atom stereocenters. The van der Waals surface area contributed by atoms with E-state index in [1.54, 1.807) is 0 Å². The van der Waals surface area contributed by atoms with Gasteiger partial charge in [0, 0.05) is 32.4 Å². The molecule has 0 saturated carbocycles. The molecule has 1 aromatic heterocycles. The Morgan fingerprint density at radius 1 is 1.35 bits per heavy atom. The number of rotatable bonds is 7. The summed E-state index contributed by atoms with van der Waals surface area (Å²) in [7, 11) is 0. The molecule has 1 aliphatic rings. The molecule has 168 valence electrons. The van der Waals surface area contributed by atoms with E-state index in [0.717, 1.165) is 37.0 Å². The molecule has 0 bridgehead atoms. The van der Waals surface area contributed by atoms with Gasteiger partial charge in [0.1, 0.15) is 5.02 Å². The van der Waals surface area contributed by atoms with Gasteiger partial charge in [-0.25, -0.2) is 4.98 Å². The lowest BCUT2D eigenvalue weighted by Crippen LogP contribution is -2.40. The van der Waals surface area contributed by atoms with Gasteiger partial charge in [0.05, 0.1) is 18.3 Å². The number of hydrogen-bond acceptors (Lipinski definition) is 5. The second-order valence-electron chi connectivity index (χ2n) is 7.33. The summed E-state index contributed by atoms with van der Waals surface area (Å²) in [6.07, 6.45) is -3.17. The van der Waals surface area contributed by atoms with E-state index in [4.69, 9.17) is 16.3 Å². The molecule has 3 rings (SSSR count). The smallest absolute Gasteiger partial charge is 0.422 e. The first-order valence-electron chi connectivity index (χ1n) is 9.74. The Kier molecular flexibility index (Phi) is 7.74. The van der Waals surface area contributed by atoms with Crippen LogP contribution in [0.3, 0.4) is 0 Å². The number of nitrogens with zero attached hydrogens (tertiary/aromatic N) is 2. The number of nitrogens with one attached hydrogen (secondary N) is 1. The van der Waals surface area contributed by atoms with Crippen molar-refractivity contribution in [3.05, 3.63) is 58.2 Å². The molecule has 1 atom stereocenters. The Labute approximate surface area is 183 Å². The van der Waals surface area contributed by atoms with E-state index >= 15 is 0 Å². The van der Waals surface area contributed by atoms with Crippen molar-refractivity contribution in [2.24, 2.45) is 0 Å². The van der Waals surface area contributed by atoms with Gasteiger partial charge in [-0.1, -0.05) is 35.9 Å². The van der Waals surface area contributed by atoms with Crippen molar-refractivity contribution in [1.29, 1.82) is 0 Å². The zero-order valence-electron chi connectivity index (χ0n) is 16.9. The van der Waals surface area contributed by atoms with Gasteiger partial charge in [0.15, 0.2) is 6.61 Å². The molecule has 0 spiro atoms. The van der Waals surface area contributed by atoms with E-state index in [1.165, 1.54) is 6.07 Å². The van der Waals surface area contributed by atoms with Crippen LogP contribution >= 0.6 is 11.6 Å². The summed E-state index contributed by atoms with van der Waals surface area (Å²) in [5, 5.41) is 2.60. The van der Waals surface area contributed by atoms with Crippen LogP contribution in [0.1, 0.15) is 28.4 Å². The number of amides is 1. The van der Waals surface area contributed by atoms with Gasteiger partial charge in [0.25, 0.3) is 5.91 Å². The molecule has 1 amide bonds. The summed E-state index contributed by atoms with van der Waals surface area (Å²) >= 11 is 5.89. The molecule has 0 radical (unpaired) electrons. The van der Waals surface area contributed by atoms with Gasteiger partial charge < -0.3 is 14.8 Å². The molecule has 0 aliphatic carbocycles. The summed E-state index contributed by atoms with van der Waals surface area (Å²) in [5.41, 5.74) is 2.19. The predicted octanol–water partition coefficient (Wildman–Crippen LogP) is 3.83.